The fourth-order valence-corrected chi connectivity index (χ4v) is 11.7. The maximum atomic E-state index is 13.2. The Hall–Kier alpha value is -3.84. The van der Waals surface area contributed by atoms with Gasteiger partial charge < -0.3 is 29.1 Å². The van der Waals surface area contributed by atoms with E-state index in [-0.39, 0.29) is 84.0 Å². The Morgan fingerprint density at radius 2 is 1.00 bits per heavy atom. The maximum Gasteiger partial charge on any atom is 0.258 e. The highest BCUT2D eigenvalue weighted by Gasteiger charge is 2.57. The van der Waals surface area contributed by atoms with Gasteiger partial charge in [0.2, 0.25) is 11.8 Å². The SMILES string of the molecule is C/C=C/c1ccc2n(c1=O)C[C@H]1[C@H](CO)[C@@H](C(=O)N(C)C)[C@@H]2N1CC1CCCC1.C/C=C\c1ccc2n(c1=O)C[C@H]1[C@H](CO)[C@@H](C(=O)N(C)C)[C@@H]2N1CC1CCCC1. The molecule has 316 valence electrons. The number of carbonyl (C=O) groups is 2. The molecule has 6 aliphatic rings. The van der Waals surface area contributed by atoms with Gasteiger partial charge in [0.1, 0.15) is 0 Å². The molecule has 2 amide bonds. The lowest BCUT2D eigenvalue weighted by Gasteiger charge is -2.39. The molecule has 6 heterocycles. The molecule has 2 saturated heterocycles. The van der Waals surface area contributed by atoms with Crippen molar-refractivity contribution in [2.45, 2.75) is 102 Å². The Morgan fingerprint density at radius 3 is 1.31 bits per heavy atom. The van der Waals surface area contributed by atoms with Gasteiger partial charge in [0.05, 0.1) is 23.9 Å². The summed E-state index contributed by atoms with van der Waals surface area (Å²) in [6.07, 6.45) is 17.5. The van der Waals surface area contributed by atoms with Crippen molar-refractivity contribution in [1.82, 2.24) is 28.7 Å². The topological polar surface area (TPSA) is 132 Å². The van der Waals surface area contributed by atoms with Crippen LogP contribution in [0.4, 0.5) is 0 Å². The molecule has 0 unspecified atom stereocenters. The van der Waals surface area contributed by atoms with Crippen molar-refractivity contribution >= 4 is 24.0 Å². The lowest BCUT2D eigenvalue weighted by Crippen LogP contribution is -2.48. The van der Waals surface area contributed by atoms with Crippen molar-refractivity contribution in [3.8, 4) is 0 Å². The van der Waals surface area contributed by atoms with Crippen LogP contribution >= 0.6 is 0 Å². The van der Waals surface area contributed by atoms with E-state index in [1.54, 1.807) is 38.0 Å². The molecule has 8 atom stereocenters. The molecule has 4 fully saturated rings. The molecular formula is C46H66N6O6. The zero-order valence-corrected chi connectivity index (χ0v) is 35.5. The van der Waals surface area contributed by atoms with Crippen molar-refractivity contribution in [2.75, 3.05) is 54.5 Å². The number of amides is 2. The molecule has 4 bridgehead atoms. The number of fused-ring (bicyclic) bond motifs is 8. The second kappa shape index (κ2) is 17.8. The van der Waals surface area contributed by atoms with Crippen LogP contribution in [0.15, 0.2) is 46.0 Å². The third kappa shape index (κ3) is 7.58. The molecule has 58 heavy (non-hydrogen) atoms. The van der Waals surface area contributed by atoms with Crippen molar-refractivity contribution in [3.05, 3.63) is 79.6 Å². The number of hydrogen-bond donors (Lipinski definition) is 2. The highest BCUT2D eigenvalue weighted by atomic mass is 16.3. The van der Waals surface area contributed by atoms with E-state index in [1.165, 1.54) is 51.4 Å². The number of allylic oxidation sites excluding steroid dienone is 2. The van der Waals surface area contributed by atoms with Gasteiger partial charge in [-0.25, -0.2) is 0 Å². The third-order valence-electron chi connectivity index (χ3n) is 14.4. The summed E-state index contributed by atoms with van der Waals surface area (Å²) in [5, 5.41) is 20.6. The largest absolute Gasteiger partial charge is 0.396 e. The highest BCUT2D eigenvalue weighted by Crippen LogP contribution is 2.51. The predicted molar refractivity (Wildman–Crippen MR) is 227 cm³/mol. The summed E-state index contributed by atoms with van der Waals surface area (Å²) >= 11 is 0. The van der Waals surface area contributed by atoms with Gasteiger partial charge in [-0.2, -0.15) is 0 Å². The predicted octanol–water partition coefficient (Wildman–Crippen LogP) is 4.25. The molecule has 2 aliphatic carbocycles. The summed E-state index contributed by atoms with van der Waals surface area (Å²) in [5.41, 5.74) is 3.21. The van der Waals surface area contributed by atoms with Gasteiger partial charge in [0.15, 0.2) is 0 Å². The van der Waals surface area contributed by atoms with E-state index in [0.717, 1.165) is 24.5 Å². The van der Waals surface area contributed by atoms with Gasteiger partial charge >= 0.3 is 0 Å². The van der Waals surface area contributed by atoms with Gasteiger partial charge in [0.25, 0.3) is 11.1 Å². The molecule has 0 radical (unpaired) electrons. The van der Waals surface area contributed by atoms with E-state index in [9.17, 15) is 29.4 Å². The highest BCUT2D eigenvalue weighted by molar-refractivity contribution is 5.81. The zero-order chi connectivity index (χ0) is 41.4. The molecule has 0 aromatic carbocycles. The van der Waals surface area contributed by atoms with Crippen molar-refractivity contribution in [3.63, 3.8) is 0 Å². The molecule has 4 aliphatic heterocycles. The van der Waals surface area contributed by atoms with E-state index >= 15 is 0 Å². The van der Waals surface area contributed by atoms with Crippen molar-refractivity contribution in [1.29, 1.82) is 0 Å². The van der Waals surface area contributed by atoms with E-state index in [4.69, 9.17) is 0 Å². The van der Waals surface area contributed by atoms with Gasteiger partial charge in [0, 0.05) is 114 Å². The van der Waals surface area contributed by atoms with Crippen molar-refractivity contribution in [2.24, 2.45) is 35.5 Å². The summed E-state index contributed by atoms with van der Waals surface area (Å²) in [7, 11) is 7.12. The fourth-order valence-electron chi connectivity index (χ4n) is 11.7. The van der Waals surface area contributed by atoms with Crippen LogP contribution in [-0.4, -0.2) is 117 Å². The second-order valence-corrected chi connectivity index (χ2v) is 18.2. The molecule has 0 spiro atoms. The van der Waals surface area contributed by atoms with E-state index in [2.05, 4.69) is 9.80 Å². The number of rotatable bonds is 10. The molecule has 12 heteroatoms. The first-order chi connectivity index (χ1) is 27.9. The number of carbonyl (C=O) groups excluding carboxylic acids is 2. The van der Waals surface area contributed by atoms with Crippen LogP contribution in [0.2, 0.25) is 0 Å². The van der Waals surface area contributed by atoms with Gasteiger partial charge in [-0.15, -0.1) is 0 Å². The summed E-state index contributed by atoms with van der Waals surface area (Å²) in [6.45, 7) is 6.75. The lowest BCUT2D eigenvalue weighted by molar-refractivity contribution is -0.136. The van der Waals surface area contributed by atoms with Crippen LogP contribution in [0, 0.1) is 35.5 Å². The zero-order valence-electron chi connectivity index (χ0n) is 35.5. The van der Waals surface area contributed by atoms with Crippen LogP contribution in [-0.2, 0) is 22.7 Å². The Labute approximate surface area is 343 Å². The normalized spacial score (nSPS) is 29.5. The Kier molecular flexibility index (Phi) is 13.0. The van der Waals surface area contributed by atoms with Crippen LogP contribution < -0.4 is 11.1 Å². The maximum absolute atomic E-state index is 13.2. The van der Waals surface area contributed by atoms with E-state index in [0.29, 0.717) is 36.1 Å². The first-order valence-corrected chi connectivity index (χ1v) is 21.8. The monoisotopic (exact) mass is 799 g/mol. The number of aliphatic hydroxyl groups excluding tert-OH is 2. The van der Waals surface area contributed by atoms with Crippen LogP contribution in [0.25, 0.3) is 12.2 Å². The van der Waals surface area contributed by atoms with E-state index < -0.39 is 0 Å². The smallest absolute Gasteiger partial charge is 0.258 e. The average molecular weight is 799 g/mol. The number of hydrogen-bond acceptors (Lipinski definition) is 8. The molecule has 8 rings (SSSR count). The van der Waals surface area contributed by atoms with Gasteiger partial charge in [-0.05, 0) is 75.6 Å². The summed E-state index contributed by atoms with van der Waals surface area (Å²) in [4.78, 5) is 60.8. The molecule has 2 saturated carbocycles. The lowest BCUT2D eigenvalue weighted by atomic mass is 9.86. The number of aromatic nitrogens is 2. The van der Waals surface area contributed by atoms with Crippen LogP contribution in [0.5, 0.6) is 0 Å². The summed E-state index contributed by atoms with van der Waals surface area (Å²) in [6, 6.07) is 7.56. The number of aliphatic hydroxyl groups is 2. The average Bonchev–Trinajstić information content (AvgIpc) is 4.00. The standard InChI is InChI=1S/2C23H33N3O3/c2*1-4-7-16-10-11-18-21-20(23(29)24(2)3)17(14-27)19(13-26(18)22(16)28)25(21)12-15-8-5-6-9-15/h2*4,7,10-11,15,17,19-21,27H,5-6,8-9,12-14H2,1-3H3/b7-4+;7-4-/t2*17-,19-,20+,21+/m00/s1. The first-order valence-electron chi connectivity index (χ1n) is 21.8. The number of nitrogens with zero attached hydrogens (tertiary/aromatic N) is 6. The fraction of sp³-hybridized carbons (Fsp3) is 0.652. The van der Waals surface area contributed by atoms with Crippen LogP contribution in [0.3, 0.4) is 0 Å². The van der Waals surface area contributed by atoms with Crippen molar-refractivity contribution < 1.29 is 19.8 Å². The first kappa shape index (κ1) is 42.3. The molecule has 2 N–H and O–H groups in total. The second-order valence-electron chi connectivity index (χ2n) is 18.2. The summed E-state index contributed by atoms with van der Waals surface area (Å²) < 4.78 is 3.73. The Balaban J connectivity index is 0.000000177. The number of pyridine rings is 2. The molecule has 12 nitrogen and oxygen atoms in total. The minimum absolute atomic E-state index is 0.00533. The molecule has 2 aromatic rings. The van der Waals surface area contributed by atoms with Crippen LogP contribution in [0.1, 0.15) is 99.8 Å². The molecule has 2 aromatic heterocycles. The van der Waals surface area contributed by atoms with E-state index in [1.807, 2.05) is 71.6 Å². The van der Waals surface area contributed by atoms with Gasteiger partial charge in [-0.1, -0.05) is 50.0 Å². The quantitative estimate of drug-likeness (QED) is 0.365. The summed E-state index contributed by atoms with van der Waals surface area (Å²) in [5.74, 6) is 0.449. The Bertz CT molecular complexity index is 1850. The Morgan fingerprint density at radius 1 is 0.638 bits per heavy atom. The van der Waals surface area contributed by atoms with Gasteiger partial charge in [-0.3, -0.25) is 29.0 Å². The third-order valence-corrected chi connectivity index (χ3v) is 14.4. The molecular weight excluding hydrogens is 733 g/mol. The minimum Gasteiger partial charge on any atom is -0.396 e. The minimum atomic E-state index is -0.317.